The molecule has 26 heavy (non-hydrogen) atoms. The van der Waals surface area contributed by atoms with Crippen LogP contribution in [0.1, 0.15) is 28.3 Å². The van der Waals surface area contributed by atoms with Gasteiger partial charge in [0.1, 0.15) is 11.3 Å². The van der Waals surface area contributed by atoms with Crippen LogP contribution in [-0.4, -0.2) is 15.1 Å². The summed E-state index contributed by atoms with van der Waals surface area (Å²) in [5.74, 6) is 0.205. The lowest BCUT2D eigenvalue weighted by Gasteiger charge is -2.19. The molecule has 4 rings (SSSR count). The van der Waals surface area contributed by atoms with Crippen molar-refractivity contribution in [2.75, 3.05) is 0 Å². The van der Waals surface area contributed by atoms with Crippen LogP contribution in [0.4, 0.5) is 0 Å². The van der Waals surface area contributed by atoms with E-state index in [-0.39, 0.29) is 11.7 Å². The van der Waals surface area contributed by atoms with Gasteiger partial charge >= 0.3 is 0 Å². The van der Waals surface area contributed by atoms with Gasteiger partial charge in [0.15, 0.2) is 0 Å². The number of aromatic nitrogens is 2. The number of rotatable bonds is 4. The number of aromatic hydroxyl groups is 1. The van der Waals surface area contributed by atoms with Crippen molar-refractivity contribution in [1.29, 1.82) is 0 Å². The highest BCUT2D eigenvalue weighted by molar-refractivity contribution is 5.85. The fraction of sp³-hybridized carbons (Fsp3) is 0.130. The van der Waals surface area contributed by atoms with E-state index < -0.39 is 0 Å². The van der Waals surface area contributed by atoms with Gasteiger partial charge in [0.25, 0.3) is 0 Å². The second-order valence-corrected chi connectivity index (χ2v) is 6.58. The van der Waals surface area contributed by atoms with Crippen LogP contribution in [0.5, 0.6) is 5.75 Å². The van der Waals surface area contributed by atoms with Gasteiger partial charge in [0.2, 0.25) is 0 Å². The highest BCUT2D eigenvalue weighted by Gasteiger charge is 2.21. The van der Waals surface area contributed by atoms with E-state index in [0.29, 0.717) is 5.52 Å². The maximum absolute atomic E-state index is 10.9. The standard InChI is InChI=1S/C23H20N2O/c1-16-7-9-17(10-8-16)15-20(21-6-2-3-13-24-21)19-12-11-18-5-4-14-25-22(18)23(19)26/h2-14,20,26H,15H2,1H3. The Morgan fingerprint density at radius 1 is 0.846 bits per heavy atom. The maximum Gasteiger partial charge on any atom is 0.145 e. The molecule has 0 fully saturated rings. The first kappa shape index (κ1) is 16.3. The minimum atomic E-state index is -0.0367. The molecule has 0 saturated carbocycles. The lowest BCUT2D eigenvalue weighted by Crippen LogP contribution is -2.08. The van der Waals surface area contributed by atoms with Crippen molar-refractivity contribution in [3.05, 3.63) is 102 Å². The van der Waals surface area contributed by atoms with Crippen molar-refractivity contribution in [1.82, 2.24) is 9.97 Å². The van der Waals surface area contributed by atoms with Crippen molar-refractivity contribution in [3.63, 3.8) is 0 Å². The zero-order chi connectivity index (χ0) is 17.9. The third-order valence-corrected chi connectivity index (χ3v) is 4.76. The molecule has 0 spiro atoms. The fourth-order valence-electron chi connectivity index (χ4n) is 3.34. The molecule has 0 bridgehead atoms. The Hall–Kier alpha value is -3.20. The van der Waals surface area contributed by atoms with E-state index in [1.807, 2.05) is 42.5 Å². The number of hydrogen-bond acceptors (Lipinski definition) is 3. The summed E-state index contributed by atoms with van der Waals surface area (Å²) < 4.78 is 0. The van der Waals surface area contributed by atoms with Crippen molar-refractivity contribution in [2.45, 2.75) is 19.3 Å². The topological polar surface area (TPSA) is 46.0 Å². The van der Waals surface area contributed by atoms with Crippen LogP contribution in [0.3, 0.4) is 0 Å². The lowest BCUT2D eigenvalue weighted by atomic mass is 9.87. The highest BCUT2D eigenvalue weighted by atomic mass is 16.3. The molecule has 1 N–H and O–H groups in total. The first-order valence-electron chi connectivity index (χ1n) is 8.75. The molecular formula is C23H20N2O. The van der Waals surface area contributed by atoms with Gasteiger partial charge in [-0.1, -0.05) is 54.1 Å². The molecule has 1 unspecified atom stereocenters. The molecule has 4 aromatic rings. The number of benzene rings is 2. The number of hydrogen-bond donors (Lipinski definition) is 1. The van der Waals surface area contributed by atoms with Gasteiger partial charge in [0, 0.05) is 35.0 Å². The normalized spacial score (nSPS) is 12.2. The van der Waals surface area contributed by atoms with Crippen molar-refractivity contribution in [3.8, 4) is 5.75 Å². The maximum atomic E-state index is 10.9. The second kappa shape index (κ2) is 6.96. The Balaban J connectivity index is 1.83. The summed E-state index contributed by atoms with van der Waals surface area (Å²) in [6.45, 7) is 2.08. The van der Waals surface area contributed by atoms with Crippen LogP contribution in [0.2, 0.25) is 0 Å². The summed E-state index contributed by atoms with van der Waals surface area (Å²) in [5, 5.41) is 11.8. The van der Waals surface area contributed by atoms with Gasteiger partial charge in [-0.05, 0) is 37.1 Å². The number of phenolic OH excluding ortho intramolecular Hbond substituents is 1. The Morgan fingerprint density at radius 2 is 1.65 bits per heavy atom. The van der Waals surface area contributed by atoms with Crippen molar-refractivity contribution in [2.24, 2.45) is 0 Å². The first-order valence-corrected chi connectivity index (χ1v) is 8.75. The number of nitrogens with zero attached hydrogens (tertiary/aromatic N) is 2. The average Bonchev–Trinajstić information content (AvgIpc) is 2.69. The van der Waals surface area contributed by atoms with Gasteiger partial charge < -0.3 is 5.11 Å². The average molecular weight is 340 g/mol. The molecule has 2 aromatic heterocycles. The molecule has 3 nitrogen and oxygen atoms in total. The molecule has 0 aliphatic carbocycles. The lowest BCUT2D eigenvalue weighted by molar-refractivity contribution is 0.469. The van der Waals surface area contributed by atoms with Crippen LogP contribution in [0.25, 0.3) is 10.9 Å². The summed E-state index contributed by atoms with van der Waals surface area (Å²) in [4.78, 5) is 8.92. The summed E-state index contributed by atoms with van der Waals surface area (Å²) in [6, 6.07) is 22.3. The van der Waals surface area contributed by atoms with Gasteiger partial charge in [0.05, 0.1) is 0 Å². The molecular weight excluding hydrogens is 320 g/mol. The first-order chi connectivity index (χ1) is 12.7. The molecule has 3 heteroatoms. The van der Waals surface area contributed by atoms with Crippen LogP contribution in [0.15, 0.2) is 79.1 Å². The largest absolute Gasteiger partial charge is 0.505 e. The molecule has 0 saturated heterocycles. The molecule has 0 aliphatic rings. The third kappa shape index (κ3) is 3.16. The van der Waals surface area contributed by atoms with Crippen LogP contribution >= 0.6 is 0 Å². The van der Waals surface area contributed by atoms with Crippen LogP contribution in [-0.2, 0) is 6.42 Å². The summed E-state index contributed by atoms with van der Waals surface area (Å²) in [6.07, 6.45) is 4.28. The van der Waals surface area contributed by atoms with E-state index in [0.717, 1.165) is 23.1 Å². The summed E-state index contributed by atoms with van der Waals surface area (Å²) in [5.41, 5.74) is 4.89. The SMILES string of the molecule is Cc1ccc(CC(c2ccccn2)c2ccc3cccnc3c2O)cc1. The van der Waals surface area contributed by atoms with Crippen LogP contribution < -0.4 is 0 Å². The van der Waals surface area contributed by atoms with Crippen molar-refractivity contribution >= 4 is 10.9 Å². The van der Waals surface area contributed by atoms with E-state index in [1.54, 1.807) is 12.4 Å². The van der Waals surface area contributed by atoms with E-state index >= 15 is 0 Å². The number of pyridine rings is 2. The predicted octanol–water partition coefficient (Wildman–Crippen LogP) is 5.02. The zero-order valence-corrected chi connectivity index (χ0v) is 14.6. The molecule has 0 radical (unpaired) electrons. The minimum absolute atomic E-state index is 0.0367. The van der Waals surface area contributed by atoms with Gasteiger partial charge in [-0.25, -0.2) is 0 Å². The van der Waals surface area contributed by atoms with Gasteiger partial charge in [-0.3, -0.25) is 9.97 Å². The quantitative estimate of drug-likeness (QED) is 0.567. The summed E-state index contributed by atoms with van der Waals surface area (Å²) in [7, 11) is 0. The molecule has 0 amide bonds. The smallest absolute Gasteiger partial charge is 0.145 e. The Labute approximate surface area is 153 Å². The fourth-order valence-corrected chi connectivity index (χ4v) is 3.34. The van der Waals surface area contributed by atoms with Crippen LogP contribution in [0, 0.1) is 6.92 Å². The summed E-state index contributed by atoms with van der Waals surface area (Å²) >= 11 is 0. The zero-order valence-electron chi connectivity index (χ0n) is 14.6. The minimum Gasteiger partial charge on any atom is -0.505 e. The molecule has 2 heterocycles. The number of phenols is 1. The number of aryl methyl sites for hydroxylation is 1. The second-order valence-electron chi connectivity index (χ2n) is 6.58. The van der Waals surface area contributed by atoms with E-state index in [1.165, 1.54) is 11.1 Å². The van der Waals surface area contributed by atoms with Gasteiger partial charge in [-0.15, -0.1) is 0 Å². The predicted molar refractivity (Wildman–Crippen MR) is 104 cm³/mol. The Bertz CT molecular complexity index is 1030. The molecule has 1 atom stereocenters. The number of fused-ring (bicyclic) bond motifs is 1. The Kier molecular flexibility index (Phi) is 4.36. The van der Waals surface area contributed by atoms with Gasteiger partial charge in [-0.2, -0.15) is 0 Å². The monoisotopic (exact) mass is 340 g/mol. The van der Waals surface area contributed by atoms with E-state index in [2.05, 4.69) is 41.2 Å². The molecule has 128 valence electrons. The van der Waals surface area contributed by atoms with E-state index in [4.69, 9.17) is 0 Å². The third-order valence-electron chi connectivity index (χ3n) is 4.76. The Morgan fingerprint density at radius 3 is 2.42 bits per heavy atom. The molecule has 0 aliphatic heterocycles. The highest BCUT2D eigenvalue weighted by Crippen LogP contribution is 2.37. The molecule has 2 aromatic carbocycles. The van der Waals surface area contributed by atoms with Crippen molar-refractivity contribution < 1.29 is 5.11 Å². The van der Waals surface area contributed by atoms with E-state index in [9.17, 15) is 5.11 Å².